The van der Waals surface area contributed by atoms with E-state index in [2.05, 4.69) is 15.3 Å². The van der Waals surface area contributed by atoms with Gasteiger partial charge in [0.05, 0.1) is 16.5 Å². The second-order valence-electron chi connectivity index (χ2n) is 7.11. The van der Waals surface area contributed by atoms with E-state index in [1.165, 1.54) is 4.40 Å². The van der Waals surface area contributed by atoms with E-state index in [1.54, 1.807) is 30.7 Å². The second-order valence-corrected chi connectivity index (χ2v) is 7.11. The summed E-state index contributed by atoms with van der Waals surface area (Å²) in [5.74, 6) is -0.255. The van der Waals surface area contributed by atoms with Crippen molar-refractivity contribution in [3.63, 3.8) is 0 Å². The summed E-state index contributed by atoms with van der Waals surface area (Å²) in [5, 5.41) is 5.43. The molecule has 5 aromatic rings. The van der Waals surface area contributed by atoms with Gasteiger partial charge in [-0.25, -0.2) is 4.98 Å². The zero-order valence-corrected chi connectivity index (χ0v) is 16.1. The van der Waals surface area contributed by atoms with E-state index >= 15 is 0 Å². The molecule has 0 aliphatic heterocycles. The van der Waals surface area contributed by atoms with Crippen molar-refractivity contribution in [2.24, 2.45) is 0 Å². The van der Waals surface area contributed by atoms with Gasteiger partial charge in [-0.2, -0.15) is 0 Å². The topological polar surface area (TPSA) is 76.4 Å². The van der Waals surface area contributed by atoms with Crippen LogP contribution in [0, 0.1) is 0 Å². The highest BCUT2D eigenvalue weighted by molar-refractivity contribution is 6.02. The molecule has 0 radical (unpaired) electrons. The molecule has 3 aromatic heterocycles. The molecular formula is C24H18N4O2. The van der Waals surface area contributed by atoms with Crippen molar-refractivity contribution in [1.82, 2.24) is 19.7 Å². The largest absolute Gasteiger partial charge is 0.352 e. The van der Waals surface area contributed by atoms with Gasteiger partial charge in [0.1, 0.15) is 0 Å². The monoisotopic (exact) mass is 394 g/mol. The quantitative estimate of drug-likeness (QED) is 0.474. The number of rotatable bonds is 4. The van der Waals surface area contributed by atoms with Gasteiger partial charge in [0.15, 0.2) is 5.65 Å². The Balaban J connectivity index is 1.54. The van der Waals surface area contributed by atoms with E-state index < -0.39 is 0 Å². The normalized spacial score (nSPS) is 11.2. The smallest absolute Gasteiger partial charge is 0.265 e. The Labute approximate surface area is 171 Å². The minimum atomic E-state index is -0.255. The molecule has 0 fully saturated rings. The average molecular weight is 394 g/mol. The summed E-state index contributed by atoms with van der Waals surface area (Å²) in [6.07, 6.45) is 5.80. The van der Waals surface area contributed by atoms with Gasteiger partial charge in [0, 0.05) is 25.1 Å². The maximum Gasteiger partial charge on any atom is 0.265 e. The van der Waals surface area contributed by atoms with Crippen molar-refractivity contribution in [2.45, 2.75) is 6.42 Å². The van der Waals surface area contributed by atoms with E-state index in [4.69, 9.17) is 0 Å². The van der Waals surface area contributed by atoms with Crippen molar-refractivity contribution in [2.75, 3.05) is 6.54 Å². The molecule has 0 saturated heterocycles. The zero-order valence-electron chi connectivity index (χ0n) is 16.1. The Hall–Kier alpha value is -4.06. The first-order valence-corrected chi connectivity index (χ1v) is 9.72. The molecule has 6 nitrogen and oxygen atoms in total. The third kappa shape index (κ3) is 3.18. The number of fused-ring (bicyclic) bond motifs is 3. The molecule has 1 N–H and O–H groups in total. The standard InChI is InChI=1S/C24H18N4O2/c29-23(26-12-9-16-7-10-25-11-8-16)19-6-3-13-28-22(19)27-21-15-18-5-2-1-4-17(18)14-20(21)24(28)30/h1-8,10-11,13-15H,9,12H2,(H,26,29). The van der Waals surface area contributed by atoms with Crippen LogP contribution in [-0.2, 0) is 6.42 Å². The van der Waals surface area contributed by atoms with E-state index in [-0.39, 0.29) is 11.5 Å². The lowest BCUT2D eigenvalue weighted by molar-refractivity contribution is 0.0955. The van der Waals surface area contributed by atoms with Crippen LogP contribution in [-0.4, -0.2) is 26.8 Å². The van der Waals surface area contributed by atoms with Crippen molar-refractivity contribution in [3.8, 4) is 0 Å². The van der Waals surface area contributed by atoms with Gasteiger partial charge in [-0.1, -0.05) is 24.3 Å². The van der Waals surface area contributed by atoms with Crippen LogP contribution in [0.4, 0.5) is 0 Å². The molecule has 1 amide bonds. The van der Waals surface area contributed by atoms with E-state index in [9.17, 15) is 9.59 Å². The Morgan fingerprint density at radius 2 is 1.73 bits per heavy atom. The number of hydrogen-bond donors (Lipinski definition) is 1. The maximum absolute atomic E-state index is 13.1. The van der Waals surface area contributed by atoms with Crippen LogP contribution in [0.15, 0.2) is 84.0 Å². The molecule has 0 saturated carbocycles. The summed E-state index contributed by atoms with van der Waals surface area (Å²) in [5.41, 5.74) is 2.21. The van der Waals surface area contributed by atoms with Crippen molar-refractivity contribution >= 4 is 33.2 Å². The van der Waals surface area contributed by atoms with Crippen LogP contribution in [0.3, 0.4) is 0 Å². The molecule has 146 valence electrons. The van der Waals surface area contributed by atoms with Gasteiger partial charge in [-0.05, 0) is 59.2 Å². The van der Waals surface area contributed by atoms with Crippen molar-refractivity contribution in [1.29, 1.82) is 0 Å². The maximum atomic E-state index is 13.1. The van der Waals surface area contributed by atoms with E-state index in [1.807, 2.05) is 48.5 Å². The molecule has 0 aliphatic rings. The molecule has 0 aliphatic carbocycles. The van der Waals surface area contributed by atoms with Crippen molar-refractivity contribution < 1.29 is 4.79 Å². The van der Waals surface area contributed by atoms with Gasteiger partial charge in [-0.3, -0.25) is 19.0 Å². The lowest BCUT2D eigenvalue weighted by Crippen LogP contribution is -2.27. The molecule has 30 heavy (non-hydrogen) atoms. The fourth-order valence-electron chi connectivity index (χ4n) is 3.66. The number of pyridine rings is 2. The first-order valence-electron chi connectivity index (χ1n) is 9.72. The van der Waals surface area contributed by atoms with Crippen molar-refractivity contribution in [3.05, 3.63) is 101 Å². The lowest BCUT2D eigenvalue weighted by atomic mass is 10.1. The summed E-state index contributed by atoms with van der Waals surface area (Å²) < 4.78 is 1.44. The number of nitrogens with one attached hydrogen (secondary N) is 1. The third-order valence-electron chi connectivity index (χ3n) is 5.20. The summed E-state index contributed by atoms with van der Waals surface area (Å²) in [6.45, 7) is 0.479. The predicted octanol–water partition coefficient (Wildman–Crippen LogP) is 3.37. The predicted molar refractivity (Wildman–Crippen MR) is 117 cm³/mol. The fraction of sp³-hybridized carbons (Fsp3) is 0.0833. The Kier molecular flexibility index (Phi) is 4.44. The number of nitrogens with zero attached hydrogens (tertiary/aromatic N) is 3. The van der Waals surface area contributed by atoms with Gasteiger partial charge < -0.3 is 5.32 Å². The van der Waals surface area contributed by atoms with Crippen LogP contribution >= 0.6 is 0 Å². The number of amides is 1. The van der Waals surface area contributed by atoms with Gasteiger partial charge >= 0.3 is 0 Å². The molecule has 2 aromatic carbocycles. The molecule has 6 heteroatoms. The summed E-state index contributed by atoms with van der Waals surface area (Å²) in [4.78, 5) is 34.6. The number of carbonyl (C=O) groups excluding carboxylic acids is 1. The zero-order chi connectivity index (χ0) is 20.5. The molecule has 5 rings (SSSR count). The van der Waals surface area contributed by atoms with Crippen LogP contribution in [0.1, 0.15) is 15.9 Å². The number of hydrogen-bond acceptors (Lipinski definition) is 4. The van der Waals surface area contributed by atoms with E-state index in [0.29, 0.717) is 35.1 Å². The fourth-order valence-corrected chi connectivity index (χ4v) is 3.66. The average Bonchev–Trinajstić information content (AvgIpc) is 2.78. The Morgan fingerprint density at radius 1 is 0.967 bits per heavy atom. The van der Waals surface area contributed by atoms with Crippen LogP contribution in [0.2, 0.25) is 0 Å². The molecular weight excluding hydrogens is 376 g/mol. The second kappa shape index (κ2) is 7.40. The SMILES string of the molecule is O=C(NCCc1ccncc1)c1cccn2c(=O)c3cc4ccccc4cc3nc12. The number of benzene rings is 2. The number of carbonyl (C=O) groups is 1. The van der Waals surface area contributed by atoms with Gasteiger partial charge in [0.2, 0.25) is 0 Å². The van der Waals surface area contributed by atoms with Crippen LogP contribution in [0.5, 0.6) is 0 Å². The van der Waals surface area contributed by atoms with Gasteiger partial charge in [-0.15, -0.1) is 0 Å². The first kappa shape index (κ1) is 18.0. The molecule has 0 spiro atoms. The third-order valence-corrected chi connectivity index (χ3v) is 5.20. The molecule has 3 heterocycles. The Bertz CT molecular complexity index is 1460. The number of aromatic nitrogens is 3. The first-order chi connectivity index (χ1) is 14.7. The highest BCUT2D eigenvalue weighted by Gasteiger charge is 2.14. The van der Waals surface area contributed by atoms with Crippen LogP contribution in [0.25, 0.3) is 27.3 Å². The van der Waals surface area contributed by atoms with Gasteiger partial charge in [0.25, 0.3) is 11.5 Å². The highest BCUT2D eigenvalue weighted by atomic mass is 16.1. The summed E-state index contributed by atoms with van der Waals surface area (Å²) in [6, 6.07) is 18.8. The molecule has 0 atom stereocenters. The lowest BCUT2D eigenvalue weighted by Gasteiger charge is -2.10. The van der Waals surface area contributed by atoms with E-state index in [0.717, 1.165) is 16.3 Å². The molecule has 0 bridgehead atoms. The van der Waals surface area contributed by atoms with Crippen LogP contribution < -0.4 is 10.9 Å². The minimum absolute atomic E-state index is 0.188. The Morgan fingerprint density at radius 3 is 2.53 bits per heavy atom. The summed E-state index contributed by atoms with van der Waals surface area (Å²) >= 11 is 0. The highest BCUT2D eigenvalue weighted by Crippen LogP contribution is 2.20. The summed E-state index contributed by atoms with van der Waals surface area (Å²) in [7, 11) is 0. The minimum Gasteiger partial charge on any atom is -0.352 e. The molecule has 0 unspecified atom stereocenters.